The van der Waals surface area contributed by atoms with Crippen LogP contribution < -0.4 is 11.1 Å². The first-order valence-corrected chi connectivity index (χ1v) is 15.4. The molecule has 0 aliphatic heterocycles. The number of hydrogen-bond donors (Lipinski definition) is 4. The number of aliphatic hydroxyl groups excluding tert-OH is 1. The van der Waals surface area contributed by atoms with Crippen LogP contribution in [-0.2, 0) is 16.0 Å². The molecule has 1 heterocycles. The molecule has 1 aliphatic rings. The van der Waals surface area contributed by atoms with Crippen molar-refractivity contribution < 1.29 is 14.6 Å². The molecule has 0 bridgehead atoms. The average molecular weight is 542 g/mol. The van der Waals surface area contributed by atoms with Gasteiger partial charge in [0.05, 0.1) is 6.10 Å². The number of H-pyrrole nitrogens is 1. The van der Waals surface area contributed by atoms with Gasteiger partial charge in [0.2, 0.25) is 5.91 Å². The number of nitrogens with two attached hydrogens (primary N) is 1. The monoisotopic (exact) mass is 541 g/mol. The number of aromatic nitrogens is 1. The molecule has 39 heavy (non-hydrogen) atoms. The van der Waals surface area contributed by atoms with Crippen LogP contribution in [0.1, 0.15) is 103 Å². The Morgan fingerprint density at radius 3 is 2.46 bits per heavy atom. The smallest absolute Gasteiger partial charge is 0.223 e. The molecular formula is C33H55N3O3. The Bertz CT molecular complexity index is 1010. The summed E-state index contributed by atoms with van der Waals surface area (Å²) < 4.78 is 5.25. The molecule has 1 amide bonds. The largest absolute Gasteiger partial charge is 0.391 e. The van der Waals surface area contributed by atoms with Gasteiger partial charge in [0.1, 0.15) is 0 Å². The molecular weight excluding hydrogens is 486 g/mol. The molecule has 6 nitrogen and oxygen atoms in total. The number of fused-ring (bicyclic) bond motifs is 1. The van der Waals surface area contributed by atoms with Gasteiger partial charge in [-0.05, 0) is 85.5 Å². The highest BCUT2D eigenvalue weighted by molar-refractivity contribution is 5.84. The summed E-state index contributed by atoms with van der Waals surface area (Å²) in [6.07, 6.45) is 10.3. The highest BCUT2D eigenvalue weighted by Gasteiger charge is 2.32. The molecule has 3 rings (SSSR count). The zero-order valence-electron chi connectivity index (χ0n) is 25.3. The van der Waals surface area contributed by atoms with Crippen molar-refractivity contribution in [1.29, 1.82) is 0 Å². The molecule has 5 N–H and O–H groups in total. The number of hydrogen-bond acceptors (Lipinski definition) is 4. The minimum absolute atomic E-state index is 0.0815. The summed E-state index contributed by atoms with van der Waals surface area (Å²) in [4.78, 5) is 16.6. The lowest BCUT2D eigenvalue weighted by molar-refractivity contribution is -0.128. The Morgan fingerprint density at radius 2 is 1.82 bits per heavy atom. The lowest BCUT2D eigenvalue weighted by Crippen LogP contribution is -2.45. The summed E-state index contributed by atoms with van der Waals surface area (Å²) in [7, 11) is 1.75. The van der Waals surface area contributed by atoms with Crippen molar-refractivity contribution in [2.45, 2.75) is 117 Å². The summed E-state index contributed by atoms with van der Waals surface area (Å²) in [5, 5.41) is 15.8. The summed E-state index contributed by atoms with van der Waals surface area (Å²) >= 11 is 0. The van der Waals surface area contributed by atoms with E-state index in [9.17, 15) is 9.90 Å². The van der Waals surface area contributed by atoms with Crippen LogP contribution in [0.2, 0.25) is 0 Å². The molecule has 1 aromatic heterocycles. The van der Waals surface area contributed by atoms with E-state index in [0.29, 0.717) is 24.2 Å². The molecule has 220 valence electrons. The van der Waals surface area contributed by atoms with Crippen LogP contribution in [0.5, 0.6) is 0 Å². The van der Waals surface area contributed by atoms with Gasteiger partial charge in [0.15, 0.2) is 0 Å². The second-order valence-electron chi connectivity index (χ2n) is 12.8. The zero-order chi connectivity index (χ0) is 28.5. The quantitative estimate of drug-likeness (QED) is 0.198. The van der Waals surface area contributed by atoms with Crippen molar-refractivity contribution in [3.8, 4) is 0 Å². The SMILES string of the molecule is COCCCc1c[nH]c2ccc(C(C)[C@@H](C[C@H](N)[C@@H](O)C[C@H](C(=O)NC3CCCCC3)C(C)C)C(C)C)cc12. The van der Waals surface area contributed by atoms with Crippen LogP contribution in [0.4, 0.5) is 0 Å². The van der Waals surface area contributed by atoms with Crippen molar-refractivity contribution in [3.63, 3.8) is 0 Å². The van der Waals surface area contributed by atoms with E-state index in [2.05, 4.69) is 69.3 Å². The standard InChI is InChI=1S/C33H55N3O3/c1-21(2)27(23(5)24-14-15-31-29(17-24)25(20-35-31)11-10-16-39-6)18-30(34)32(37)19-28(22(3)4)33(38)36-26-12-8-7-9-13-26/h14-15,17,20-23,26-28,30,32,35,37H,7-13,16,18-19,34H2,1-6H3,(H,36,38)/t23?,27-,28-,30-,32-/m0/s1. The number of nitrogens with one attached hydrogen (secondary N) is 2. The normalized spacial score (nSPS) is 18.8. The first-order chi connectivity index (χ1) is 18.6. The van der Waals surface area contributed by atoms with Crippen molar-refractivity contribution in [2.75, 3.05) is 13.7 Å². The first-order valence-electron chi connectivity index (χ1n) is 15.4. The van der Waals surface area contributed by atoms with Crippen LogP contribution in [0.3, 0.4) is 0 Å². The van der Waals surface area contributed by atoms with E-state index in [0.717, 1.165) is 44.2 Å². The van der Waals surface area contributed by atoms with E-state index >= 15 is 0 Å². The summed E-state index contributed by atoms with van der Waals surface area (Å²) in [6, 6.07) is 6.65. The van der Waals surface area contributed by atoms with E-state index in [1.54, 1.807) is 7.11 Å². The summed E-state index contributed by atoms with van der Waals surface area (Å²) in [5.74, 6) is 1.04. The van der Waals surface area contributed by atoms with E-state index in [1.807, 2.05) is 0 Å². The second-order valence-corrected chi connectivity index (χ2v) is 12.8. The van der Waals surface area contributed by atoms with Crippen LogP contribution in [0.15, 0.2) is 24.4 Å². The summed E-state index contributed by atoms with van der Waals surface area (Å²) in [6.45, 7) is 11.7. The molecule has 1 aromatic carbocycles. The molecule has 1 unspecified atom stereocenters. The number of carbonyl (C=O) groups is 1. The number of amides is 1. The van der Waals surface area contributed by atoms with Crippen molar-refractivity contribution in [1.82, 2.24) is 10.3 Å². The number of methoxy groups -OCH3 is 1. The van der Waals surface area contributed by atoms with Crippen molar-refractivity contribution >= 4 is 16.8 Å². The third kappa shape index (κ3) is 8.80. The third-order valence-corrected chi connectivity index (χ3v) is 9.24. The molecule has 0 spiro atoms. The van der Waals surface area contributed by atoms with Gasteiger partial charge in [0.25, 0.3) is 0 Å². The number of ether oxygens (including phenoxy) is 1. The highest BCUT2D eigenvalue weighted by Crippen LogP contribution is 2.36. The van der Waals surface area contributed by atoms with Gasteiger partial charge in [0, 0.05) is 48.8 Å². The van der Waals surface area contributed by atoms with Gasteiger partial charge in [-0.3, -0.25) is 4.79 Å². The highest BCUT2D eigenvalue weighted by atomic mass is 16.5. The third-order valence-electron chi connectivity index (χ3n) is 9.24. The first kappa shape index (κ1) is 31.6. The maximum absolute atomic E-state index is 13.2. The van der Waals surface area contributed by atoms with E-state index in [-0.39, 0.29) is 29.8 Å². The lowest BCUT2D eigenvalue weighted by Gasteiger charge is -2.33. The van der Waals surface area contributed by atoms with Gasteiger partial charge < -0.3 is 25.9 Å². The van der Waals surface area contributed by atoms with E-state index in [1.165, 1.54) is 35.8 Å². The Morgan fingerprint density at radius 1 is 1.10 bits per heavy atom. The van der Waals surface area contributed by atoms with E-state index < -0.39 is 6.10 Å². The predicted molar refractivity (Wildman–Crippen MR) is 162 cm³/mol. The van der Waals surface area contributed by atoms with Gasteiger partial charge in [-0.2, -0.15) is 0 Å². The Hall–Kier alpha value is -1.89. The molecule has 6 heteroatoms. The fourth-order valence-corrected chi connectivity index (χ4v) is 6.54. The summed E-state index contributed by atoms with van der Waals surface area (Å²) in [5.41, 5.74) is 10.5. The molecule has 5 atom stereocenters. The minimum Gasteiger partial charge on any atom is -0.391 e. The van der Waals surface area contributed by atoms with Crippen molar-refractivity contribution in [2.24, 2.45) is 29.4 Å². The van der Waals surface area contributed by atoms with Crippen LogP contribution in [-0.4, -0.2) is 47.9 Å². The van der Waals surface area contributed by atoms with Crippen molar-refractivity contribution in [3.05, 3.63) is 35.5 Å². The molecule has 0 radical (unpaired) electrons. The van der Waals surface area contributed by atoms with E-state index in [4.69, 9.17) is 10.5 Å². The maximum atomic E-state index is 13.2. The number of aryl methyl sites for hydroxylation is 1. The zero-order valence-corrected chi connectivity index (χ0v) is 25.3. The number of aliphatic hydroxyl groups is 1. The van der Waals surface area contributed by atoms with Crippen LogP contribution in [0.25, 0.3) is 10.9 Å². The fraction of sp³-hybridized carbons (Fsp3) is 0.727. The Balaban J connectivity index is 1.66. The average Bonchev–Trinajstić information content (AvgIpc) is 3.32. The topological polar surface area (TPSA) is 100 Å². The number of rotatable bonds is 15. The predicted octanol–water partition coefficient (Wildman–Crippen LogP) is 6.31. The van der Waals surface area contributed by atoms with Crippen LogP contribution >= 0.6 is 0 Å². The molecule has 1 saturated carbocycles. The Labute approximate surface area is 236 Å². The number of aromatic amines is 1. The number of benzene rings is 1. The fourth-order valence-electron chi connectivity index (χ4n) is 6.54. The molecule has 1 fully saturated rings. The molecule has 1 aliphatic carbocycles. The van der Waals surface area contributed by atoms with Crippen LogP contribution in [0, 0.1) is 23.7 Å². The second kappa shape index (κ2) is 15.2. The Kier molecular flexibility index (Phi) is 12.3. The minimum atomic E-state index is -0.706. The molecule has 2 aromatic rings. The lowest BCUT2D eigenvalue weighted by atomic mass is 9.75. The maximum Gasteiger partial charge on any atom is 0.223 e. The van der Waals surface area contributed by atoms with Gasteiger partial charge in [-0.25, -0.2) is 0 Å². The van der Waals surface area contributed by atoms with Gasteiger partial charge in [-0.1, -0.05) is 59.9 Å². The van der Waals surface area contributed by atoms with Gasteiger partial charge in [-0.15, -0.1) is 0 Å². The number of carbonyl (C=O) groups excluding carboxylic acids is 1. The van der Waals surface area contributed by atoms with Gasteiger partial charge >= 0.3 is 0 Å². The molecule has 0 saturated heterocycles.